The molecule has 1 aromatic rings. The van der Waals surface area contributed by atoms with Gasteiger partial charge in [-0.1, -0.05) is 13.8 Å². The minimum Gasteiger partial charge on any atom is -0.325 e. The van der Waals surface area contributed by atoms with Gasteiger partial charge in [-0.05, 0) is 55.9 Å². The summed E-state index contributed by atoms with van der Waals surface area (Å²) in [5, 5.41) is 2.90. The molecule has 2 amide bonds. The highest BCUT2D eigenvalue weighted by Gasteiger charge is 2.24. The number of nitrogens with zero attached hydrogens (tertiary/aromatic N) is 1. The molecule has 0 unspecified atom stereocenters. The Labute approximate surface area is 126 Å². The van der Waals surface area contributed by atoms with Crippen LogP contribution in [0.15, 0.2) is 24.3 Å². The Morgan fingerprint density at radius 3 is 2.19 bits per heavy atom. The number of hydrogen-bond acceptors (Lipinski definition) is 2. The zero-order valence-corrected chi connectivity index (χ0v) is 13.1. The standard InChI is InChI=1S/C17H24N2O2/c1-12(2)14-8-10-19(11-9-14)17(21)18-16-6-4-15(5-7-16)13(3)20/h4-7,12,14H,8-11H2,1-3H3,(H,18,21). The van der Waals surface area contributed by atoms with Gasteiger partial charge in [-0.25, -0.2) is 4.79 Å². The number of likely N-dealkylation sites (tertiary alicyclic amines) is 1. The van der Waals surface area contributed by atoms with E-state index in [0.29, 0.717) is 11.5 Å². The molecular formula is C17H24N2O2. The lowest BCUT2D eigenvalue weighted by atomic mass is 9.87. The maximum Gasteiger partial charge on any atom is 0.321 e. The third kappa shape index (κ3) is 4.06. The normalized spacial score (nSPS) is 16.1. The highest BCUT2D eigenvalue weighted by molar-refractivity contribution is 5.95. The van der Waals surface area contributed by atoms with Crippen LogP contribution in [0.1, 0.15) is 44.0 Å². The van der Waals surface area contributed by atoms with E-state index in [1.807, 2.05) is 4.90 Å². The molecule has 0 atom stereocenters. The van der Waals surface area contributed by atoms with Gasteiger partial charge in [-0.2, -0.15) is 0 Å². The third-order valence-corrected chi connectivity index (χ3v) is 4.31. The van der Waals surface area contributed by atoms with Gasteiger partial charge < -0.3 is 10.2 Å². The second-order valence-corrected chi connectivity index (χ2v) is 6.13. The average Bonchev–Trinajstić information content (AvgIpc) is 2.47. The summed E-state index contributed by atoms with van der Waals surface area (Å²) in [6.45, 7) is 7.67. The number of anilines is 1. The van der Waals surface area contributed by atoms with E-state index in [-0.39, 0.29) is 11.8 Å². The number of rotatable bonds is 3. The maximum atomic E-state index is 12.2. The smallest absolute Gasteiger partial charge is 0.321 e. The monoisotopic (exact) mass is 288 g/mol. The van der Waals surface area contributed by atoms with Gasteiger partial charge in [0.15, 0.2) is 5.78 Å². The van der Waals surface area contributed by atoms with Crippen LogP contribution in [0.2, 0.25) is 0 Å². The van der Waals surface area contributed by atoms with Gasteiger partial charge >= 0.3 is 6.03 Å². The first-order valence-corrected chi connectivity index (χ1v) is 7.64. The molecule has 1 fully saturated rings. The molecule has 0 aliphatic carbocycles. The summed E-state index contributed by atoms with van der Waals surface area (Å²) in [5.41, 5.74) is 1.39. The van der Waals surface area contributed by atoms with E-state index < -0.39 is 0 Å². The summed E-state index contributed by atoms with van der Waals surface area (Å²) in [4.78, 5) is 25.3. The van der Waals surface area contributed by atoms with Crippen LogP contribution in [0.5, 0.6) is 0 Å². The molecule has 1 saturated heterocycles. The Hall–Kier alpha value is -1.84. The van der Waals surface area contributed by atoms with Gasteiger partial charge in [0, 0.05) is 24.3 Å². The molecule has 0 saturated carbocycles. The molecule has 2 rings (SSSR count). The number of carbonyl (C=O) groups excluding carboxylic acids is 2. The minimum atomic E-state index is -0.0484. The third-order valence-electron chi connectivity index (χ3n) is 4.31. The average molecular weight is 288 g/mol. The van der Waals surface area contributed by atoms with Gasteiger partial charge in [0.2, 0.25) is 0 Å². The predicted molar refractivity (Wildman–Crippen MR) is 84.6 cm³/mol. The first-order valence-electron chi connectivity index (χ1n) is 7.64. The number of amides is 2. The van der Waals surface area contributed by atoms with E-state index in [4.69, 9.17) is 0 Å². The van der Waals surface area contributed by atoms with Gasteiger partial charge in [0.25, 0.3) is 0 Å². The molecule has 0 aromatic heterocycles. The van der Waals surface area contributed by atoms with Crippen LogP contribution in [0.4, 0.5) is 10.5 Å². The van der Waals surface area contributed by atoms with E-state index in [1.54, 1.807) is 24.3 Å². The van der Waals surface area contributed by atoms with E-state index in [0.717, 1.165) is 37.5 Å². The molecule has 1 heterocycles. The number of piperidine rings is 1. The molecule has 0 spiro atoms. The quantitative estimate of drug-likeness (QED) is 0.860. The van der Waals surface area contributed by atoms with Crippen LogP contribution in [-0.4, -0.2) is 29.8 Å². The molecule has 1 aliphatic rings. The van der Waals surface area contributed by atoms with Crippen LogP contribution in [0.3, 0.4) is 0 Å². The summed E-state index contributed by atoms with van der Waals surface area (Å²) in [6.07, 6.45) is 2.16. The van der Waals surface area contributed by atoms with Crippen molar-refractivity contribution in [2.24, 2.45) is 11.8 Å². The van der Waals surface area contributed by atoms with Crippen molar-refractivity contribution in [3.63, 3.8) is 0 Å². The topological polar surface area (TPSA) is 49.4 Å². The molecule has 114 valence electrons. The van der Waals surface area contributed by atoms with E-state index in [2.05, 4.69) is 19.2 Å². The van der Waals surface area contributed by atoms with Crippen LogP contribution in [-0.2, 0) is 0 Å². The second-order valence-electron chi connectivity index (χ2n) is 6.13. The first-order chi connectivity index (χ1) is 9.97. The molecule has 0 bridgehead atoms. The van der Waals surface area contributed by atoms with Crippen molar-refractivity contribution in [3.05, 3.63) is 29.8 Å². The summed E-state index contributed by atoms with van der Waals surface area (Å²) in [7, 11) is 0. The number of hydrogen-bond donors (Lipinski definition) is 1. The molecule has 1 N–H and O–H groups in total. The number of urea groups is 1. The summed E-state index contributed by atoms with van der Waals surface area (Å²) in [6, 6.07) is 6.98. The Bertz CT molecular complexity index is 500. The van der Waals surface area contributed by atoms with Crippen molar-refractivity contribution in [3.8, 4) is 0 Å². The minimum absolute atomic E-state index is 0.0311. The Morgan fingerprint density at radius 1 is 1.14 bits per heavy atom. The fraction of sp³-hybridized carbons (Fsp3) is 0.529. The van der Waals surface area contributed by atoms with Crippen LogP contribution in [0, 0.1) is 11.8 Å². The first kappa shape index (κ1) is 15.5. The fourth-order valence-corrected chi connectivity index (χ4v) is 2.76. The van der Waals surface area contributed by atoms with Crippen molar-refractivity contribution in [1.82, 2.24) is 4.90 Å². The Kier molecular flexibility index (Phi) is 4.99. The van der Waals surface area contributed by atoms with Crippen molar-refractivity contribution in [2.75, 3.05) is 18.4 Å². The summed E-state index contributed by atoms with van der Waals surface area (Å²) >= 11 is 0. The van der Waals surface area contributed by atoms with E-state index in [9.17, 15) is 9.59 Å². The largest absolute Gasteiger partial charge is 0.325 e. The van der Waals surface area contributed by atoms with Gasteiger partial charge in [-0.15, -0.1) is 0 Å². The van der Waals surface area contributed by atoms with Gasteiger partial charge in [0.05, 0.1) is 0 Å². The van der Waals surface area contributed by atoms with E-state index >= 15 is 0 Å². The zero-order valence-electron chi connectivity index (χ0n) is 13.1. The van der Waals surface area contributed by atoms with Crippen LogP contribution >= 0.6 is 0 Å². The Balaban J connectivity index is 1.89. The molecular weight excluding hydrogens is 264 g/mol. The van der Waals surface area contributed by atoms with Crippen molar-refractivity contribution in [2.45, 2.75) is 33.6 Å². The van der Waals surface area contributed by atoms with Gasteiger partial charge in [0.1, 0.15) is 0 Å². The highest BCUT2D eigenvalue weighted by atomic mass is 16.2. The number of Topliss-reactive ketones (excluding diaryl/α,β-unsaturated/α-hetero) is 1. The van der Waals surface area contributed by atoms with Gasteiger partial charge in [-0.3, -0.25) is 4.79 Å². The molecule has 21 heavy (non-hydrogen) atoms. The lowest BCUT2D eigenvalue weighted by Crippen LogP contribution is -2.41. The molecule has 4 nitrogen and oxygen atoms in total. The van der Waals surface area contributed by atoms with Crippen molar-refractivity contribution < 1.29 is 9.59 Å². The number of ketones is 1. The molecule has 1 aliphatic heterocycles. The van der Waals surface area contributed by atoms with Crippen LogP contribution in [0.25, 0.3) is 0 Å². The van der Waals surface area contributed by atoms with E-state index in [1.165, 1.54) is 6.92 Å². The predicted octanol–water partition coefficient (Wildman–Crippen LogP) is 3.79. The molecule has 1 aromatic carbocycles. The maximum absolute atomic E-state index is 12.2. The molecule has 4 heteroatoms. The fourth-order valence-electron chi connectivity index (χ4n) is 2.76. The summed E-state index contributed by atoms with van der Waals surface area (Å²) < 4.78 is 0. The van der Waals surface area contributed by atoms with Crippen molar-refractivity contribution in [1.29, 1.82) is 0 Å². The number of carbonyl (C=O) groups is 2. The molecule has 0 radical (unpaired) electrons. The summed E-state index contributed by atoms with van der Waals surface area (Å²) in [5.74, 6) is 1.45. The van der Waals surface area contributed by atoms with Crippen LogP contribution < -0.4 is 5.32 Å². The number of nitrogens with one attached hydrogen (secondary N) is 1. The van der Waals surface area contributed by atoms with Crippen molar-refractivity contribution >= 4 is 17.5 Å². The lowest BCUT2D eigenvalue weighted by Gasteiger charge is -2.33. The zero-order chi connectivity index (χ0) is 15.4. The Morgan fingerprint density at radius 2 is 1.71 bits per heavy atom. The highest BCUT2D eigenvalue weighted by Crippen LogP contribution is 2.24. The lowest BCUT2D eigenvalue weighted by molar-refractivity contribution is 0.101. The second kappa shape index (κ2) is 6.74. The SMILES string of the molecule is CC(=O)c1ccc(NC(=O)N2CCC(C(C)C)CC2)cc1. The number of benzene rings is 1.